The third kappa shape index (κ3) is 3.06. The van der Waals surface area contributed by atoms with Crippen molar-refractivity contribution in [3.05, 3.63) is 34.5 Å². The Labute approximate surface area is 150 Å². The van der Waals surface area contributed by atoms with Gasteiger partial charge in [0.1, 0.15) is 4.83 Å². The summed E-state index contributed by atoms with van der Waals surface area (Å²) in [7, 11) is 0. The molecule has 1 aliphatic carbocycles. The lowest BCUT2D eigenvalue weighted by atomic mass is 9.95. The zero-order valence-electron chi connectivity index (χ0n) is 14.5. The van der Waals surface area contributed by atoms with Crippen LogP contribution in [-0.2, 0) is 0 Å². The molecule has 0 aliphatic heterocycles. The number of rotatable bonds is 3. The maximum atomic E-state index is 12.8. The monoisotopic (exact) mass is 355 g/mol. The number of nitrogens with zero attached hydrogens (tertiary/aromatic N) is 2. The number of carbonyl (C=O) groups excluding carboxylic acids is 1. The van der Waals surface area contributed by atoms with Crippen molar-refractivity contribution in [1.82, 2.24) is 15.3 Å². The van der Waals surface area contributed by atoms with Gasteiger partial charge < -0.3 is 9.73 Å². The van der Waals surface area contributed by atoms with Crippen molar-refractivity contribution in [3.63, 3.8) is 0 Å². The number of hydrogen-bond acceptors (Lipinski definition) is 5. The van der Waals surface area contributed by atoms with E-state index in [1.165, 1.54) is 30.6 Å². The fraction of sp³-hybridized carbons (Fsp3) is 0.421. The van der Waals surface area contributed by atoms with E-state index in [0.29, 0.717) is 17.6 Å². The number of nitrogens with one attached hydrogen (secondary N) is 1. The molecular formula is C19H21N3O2S. The molecule has 1 aliphatic rings. The SMILES string of the molecule is Cc1nc(-c2ccco2)nc2sc(C(=O)NC3CCCCC3)c(C)c12. The number of aryl methyl sites for hydroxylation is 2. The first kappa shape index (κ1) is 16.3. The summed E-state index contributed by atoms with van der Waals surface area (Å²) in [5.41, 5.74) is 1.85. The number of hydrogen-bond donors (Lipinski definition) is 1. The summed E-state index contributed by atoms with van der Waals surface area (Å²) in [6, 6.07) is 3.97. The van der Waals surface area contributed by atoms with E-state index in [0.717, 1.165) is 39.2 Å². The molecule has 25 heavy (non-hydrogen) atoms. The molecule has 0 unspecified atom stereocenters. The fourth-order valence-electron chi connectivity index (χ4n) is 3.57. The molecule has 1 N–H and O–H groups in total. The molecule has 130 valence electrons. The average Bonchev–Trinajstić information content (AvgIpc) is 3.24. The Morgan fingerprint density at radius 1 is 1.24 bits per heavy atom. The van der Waals surface area contributed by atoms with Gasteiger partial charge in [0, 0.05) is 11.4 Å². The third-order valence-electron chi connectivity index (χ3n) is 4.86. The lowest BCUT2D eigenvalue weighted by Gasteiger charge is -2.22. The second-order valence-electron chi connectivity index (χ2n) is 6.65. The minimum atomic E-state index is 0.0198. The molecule has 0 saturated heterocycles. The minimum absolute atomic E-state index is 0.0198. The summed E-state index contributed by atoms with van der Waals surface area (Å²) in [5, 5.41) is 4.18. The number of fused-ring (bicyclic) bond motifs is 1. The minimum Gasteiger partial charge on any atom is -0.461 e. The summed E-state index contributed by atoms with van der Waals surface area (Å²) < 4.78 is 5.41. The highest BCUT2D eigenvalue weighted by atomic mass is 32.1. The quantitative estimate of drug-likeness (QED) is 0.744. The van der Waals surface area contributed by atoms with Crippen LogP contribution in [0.15, 0.2) is 22.8 Å². The van der Waals surface area contributed by atoms with Gasteiger partial charge in [0.15, 0.2) is 11.6 Å². The van der Waals surface area contributed by atoms with E-state index in [9.17, 15) is 4.79 Å². The molecule has 3 aromatic heterocycles. The van der Waals surface area contributed by atoms with E-state index in [-0.39, 0.29) is 5.91 Å². The molecule has 3 heterocycles. The lowest BCUT2D eigenvalue weighted by molar-refractivity contribution is 0.0931. The molecule has 0 spiro atoms. The first-order chi connectivity index (χ1) is 12.1. The maximum absolute atomic E-state index is 12.8. The van der Waals surface area contributed by atoms with Gasteiger partial charge in [0.05, 0.1) is 16.8 Å². The van der Waals surface area contributed by atoms with Gasteiger partial charge in [-0.3, -0.25) is 4.79 Å². The Hall–Kier alpha value is -2.21. The van der Waals surface area contributed by atoms with Gasteiger partial charge in [-0.1, -0.05) is 19.3 Å². The first-order valence-electron chi connectivity index (χ1n) is 8.76. The number of carbonyl (C=O) groups is 1. The molecule has 5 nitrogen and oxygen atoms in total. The highest BCUT2D eigenvalue weighted by molar-refractivity contribution is 7.20. The Morgan fingerprint density at radius 2 is 2.04 bits per heavy atom. The normalized spacial score (nSPS) is 15.6. The first-order valence-corrected chi connectivity index (χ1v) is 9.57. The van der Waals surface area contributed by atoms with Crippen LogP contribution < -0.4 is 5.32 Å². The van der Waals surface area contributed by atoms with Crippen molar-refractivity contribution in [2.45, 2.75) is 52.0 Å². The van der Waals surface area contributed by atoms with Crippen LogP contribution in [-0.4, -0.2) is 21.9 Å². The van der Waals surface area contributed by atoms with Crippen LogP contribution in [0.3, 0.4) is 0 Å². The molecular weight excluding hydrogens is 334 g/mol. The van der Waals surface area contributed by atoms with Crippen molar-refractivity contribution in [2.75, 3.05) is 0 Å². The molecule has 4 rings (SSSR count). The number of furan rings is 1. The predicted octanol–water partition coefficient (Wildman–Crippen LogP) is 4.63. The average molecular weight is 355 g/mol. The Bertz CT molecular complexity index is 909. The largest absolute Gasteiger partial charge is 0.461 e. The zero-order chi connectivity index (χ0) is 17.4. The Balaban J connectivity index is 1.69. The Morgan fingerprint density at radius 3 is 2.76 bits per heavy atom. The standard InChI is InChI=1S/C19H21N3O2S/c1-11-15-12(2)20-17(14-9-6-10-24-14)22-19(15)25-16(11)18(23)21-13-7-4-3-5-8-13/h6,9-10,13H,3-5,7-8H2,1-2H3,(H,21,23). The van der Waals surface area contributed by atoms with Crippen molar-refractivity contribution in [3.8, 4) is 11.6 Å². The van der Waals surface area contributed by atoms with Crippen LogP contribution in [0.2, 0.25) is 0 Å². The van der Waals surface area contributed by atoms with Crippen molar-refractivity contribution >= 4 is 27.5 Å². The van der Waals surface area contributed by atoms with Crippen LogP contribution in [0.5, 0.6) is 0 Å². The van der Waals surface area contributed by atoms with Gasteiger partial charge in [-0.25, -0.2) is 9.97 Å². The summed E-state index contributed by atoms with van der Waals surface area (Å²) in [6.45, 7) is 3.94. The number of thiophene rings is 1. The van der Waals surface area contributed by atoms with Gasteiger partial charge in [0.2, 0.25) is 0 Å². The second-order valence-corrected chi connectivity index (χ2v) is 7.65. The molecule has 0 radical (unpaired) electrons. The fourth-order valence-corrected chi connectivity index (χ4v) is 4.70. The molecule has 1 fully saturated rings. The summed E-state index contributed by atoms with van der Waals surface area (Å²) >= 11 is 1.44. The highest BCUT2D eigenvalue weighted by Gasteiger charge is 2.22. The van der Waals surface area contributed by atoms with Gasteiger partial charge in [-0.2, -0.15) is 0 Å². The van der Waals surface area contributed by atoms with Crippen molar-refractivity contribution in [2.24, 2.45) is 0 Å². The summed E-state index contributed by atoms with van der Waals surface area (Å²) in [4.78, 5) is 23.5. The number of aromatic nitrogens is 2. The molecule has 0 aromatic carbocycles. The second kappa shape index (κ2) is 6.59. The Kier molecular flexibility index (Phi) is 4.29. The van der Waals surface area contributed by atoms with Crippen LogP contribution in [0.1, 0.15) is 53.0 Å². The molecule has 0 atom stereocenters. The van der Waals surface area contributed by atoms with Crippen LogP contribution in [0.25, 0.3) is 21.8 Å². The predicted molar refractivity (Wildman–Crippen MR) is 98.9 cm³/mol. The molecule has 1 saturated carbocycles. The highest BCUT2D eigenvalue weighted by Crippen LogP contribution is 2.33. The van der Waals surface area contributed by atoms with E-state index in [1.807, 2.05) is 26.0 Å². The van der Waals surface area contributed by atoms with Crippen LogP contribution in [0.4, 0.5) is 0 Å². The van der Waals surface area contributed by atoms with E-state index >= 15 is 0 Å². The molecule has 1 amide bonds. The van der Waals surface area contributed by atoms with Gasteiger partial charge in [-0.05, 0) is 44.4 Å². The topological polar surface area (TPSA) is 68.0 Å². The maximum Gasteiger partial charge on any atom is 0.261 e. The smallest absolute Gasteiger partial charge is 0.261 e. The molecule has 6 heteroatoms. The van der Waals surface area contributed by atoms with E-state index in [2.05, 4.69) is 15.3 Å². The molecule has 0 bridgehead atoms. The van der Waals surface area contributed by atoms with Crippen LogP contribution in [0, 0.1) is 13.8 Å². The number of amides is 1. The zero-order valence-corrected chi connectivity index (χ0v) is 15.3. The van der Waals surface area contributed by atoms with Gasteiger partial charge >= 0.3 is 0 Å². The van der Waals surface area contributed by atoms with Crippen molar-refractivity contribution < 1.29 is 9.21 Å². The summed E-state index contributed by atoms with van der Waals surface area (Å²) in [5.74, 6) is 1.23. The van der Waals surface area contributed by atoms with Crippen LogP contribution >= 0.6 is 11.3 Å². The lowest BCUT2D eigenvalue weighted by Crippen LogP contribution is -2.36. The van der Waals surface area contributed by atoms with E-state index in [1.54, 1.807) is 6.26 Å². The van der Waals surface area contributed by atoms with Gasteiger partial charge in [0.25, 0.3) is 5.91 Å². The van der Waals surface area contributed by atoms with Gasteiger partial charge in [-0.15, -0.1) is 11.3 Å². The summed E-state index contributed by atoms with van der Waals surface area (Å²) in [6.07, 6.45) is 7.45. The molecule has 3 aromatic rings. The van der Waals surface area contributed by atoms with Crippen molar-refractivity contribution in [1.29, 1.82) is 0 Å². The van der Waals surface area contributed by atoms with E-state index < -0.39 is 0 Å². The third-order valence-corrected chi connectivity index (χ3v) is 6.04. The van der Waals surface area contributed by atoms with E-state index in [4.69, 9.17) is 4.42 Å².